The Hall–Kier alpha value is -1.53. The van der Waals surface area contributed by atoms with Crippen LogP contribution >= 0.6 is 27.5 Å². The lowest BCUT2D eigenvalue weighted by Gasteiger charge is -2.02. The summed E-state index contributed by atoms with van der Waals surface area (Å²) in [4.78, 5) is 23.9. The van der Waals surface area contributed by atoms with Crippen LogP contribution in [0.3, 0.4) is 0 Å². The molecule has 0 spiro atoms. The van der Waals surface area contributed by atoms with Crippen LogP contribution in [-0.4, -0.2) is 19.4 Å². The van der Waals surface area contributed by atoms with Crippen LogP contribution in [0, 0.1) is 0 Å². The number of hydrogen-bond donors (Lipinski definition) is 0. The third kappa shape index (κ3) is 6.07. The Morgan fingerprint density at radius 3 is 1.68 bits per heavy atom. The van der Waals surface area contributed by atoms with E-state index in [1.807, 2.05) is 0 Å². The molecule has 0 fully saturated rings. The summed E-state index contributed by atoms with van der Waals surface area (Å²) in [7, 11) is -1.00. The van der Waals surface area contributed by atoms with Gasteiger partial charge in [-0.1, -0.05) is 39.7 Å². The maximum atomic E-state index is 11.9. The lowest BCUT2D eigenvalue weighted by molar-refractivity contribution is 0.0894. The van der Waals surface area contributed by atoms with Gasteiger partial charge in [-0.25, -0.2) is 0 Å². The number of rotatable bonds is 4. The lowest BCUT2D eigenvalue weighted by Crippen LogP contribution is -2.08. The van der Waals surface area contributed by atoms with Crippen molar-refractivity contribution in [3.05, 3.63) is 69.2 Å². The van der Waals surface area contributed by atoms with Crippen molar-refractivity contribution < 1.29 is 18.2 Å². The smallest absolute Gasteiger partial charge is 0.294 e. The van der Waals surface area contributed by atoms with Crippen molar-refractivity contribution in [3.63, 3.8) is 0 Å². The van der Waals surface area contributed by atoms with E-state index in [9.17, 15) is 18.2 Å². The fourth-order valence-electron chi connectivity index (χ4n) is 1.62. The molecule has 1 radical (unpaired) electrons. The second-order valence-corrected chi connectivity index (χ2v) is 5.47. The highest BCUT2D eigenvalue weighted by Gasteiger charge is 2.13. The largest absolute Gasteiger partial charge is 0.577 e. The standard InChI is InChI=1S/C15H10BrClO2.BF2/c16-12-5-1-10(2-6-12)14(18)9-15(19)11-3-7-13(17)8-4-11;2-1-3/h1-8H,9H2;. The zero-order valence-electron chi connectivity index (χ0n) is 11.2. The first-order valence-electron chi connectivity index (χ1n) is 6.07. The average molecular weight is 386 g/mol. The summed E-state index contributed by atoms with van der Waals surface area (Å²) < 4.78 is 19.9. The second kappa shape index (κ2) is 9.48. The van der Waals surface area contributed by atoms with E-state index >= 15 is 0 Å². The molecule has 2 aromatic rings. The molecule has 2 nitrogen and oxygen atoms in total. The van der Waals surface area contributed by atoms with E-state index in [4.69, 9.17) is 11.6 Å². The van der Waals surface area contributed by atoms with E-state index in [-0.39, 0.29) is 18.0 Å². The fourth-order valence-corrected chi connectivity index (χ4v) is 2.01. The molecule has 22 heavy (non-hydrogen) atoms. The van der Waals surface area contributed by atoms with Crippen LogP contribution in [0.2, 0.25) is 5.02 Å². The van der Waals surface area contributed by atoms with Gasteiger partial charge in [-0.05, 0) is 36.4 Å². The van der Waals surface area contributed by atoms with Crippen molar-refractivity contribution >= 4 is 46.9 Å². The predicted molar refractivity (Wildman–Crippen MR) is 86.8 cm³/mol. The molecule has 0 unspecified atom stereocenters. The molecule has 2 rings (SSSR count). The topological polar surface area (TPSA) is 34.1 Å². The molecule has 0 amide bonds. The number of halogens is 4. The number of carbonyl (C=O) groups excluding carboxylic acids is 2. The monoisotopic (exact) mass is 385 g/mol. The second-order valence-electron chi connectivity index (χ2n) is 4.12. The Morgan fingerprint density at radius 2 is 1.27 bits per heavy atom. The number of benzene rings is 2. The highest BCUT2D eigenvalue weighted by Crippen LogP contribution is 2.15. The summed E-state index contributed by atoms with van der Waals surface area (Å²) >= 11 is 9.05. The van der Waals surface area contributed by atoms with E-state index in [0.717, 1.165) is 4.47 Å². The van der Waals surface area contributed by atoms with Crippen molar-refractivity contribution in [2.45, 2.75) is 6.42 Å². The number of ketones is 2. The maximum absolute atomic E-state index is 11.9. The summed E-state index contributed by atoms with van der Waals surface area (Å²) in [5.41, 5.74) is 1.03. The Morgan fingerprint density at radius 1 is 0.909 bits per heavy atom. The van der Waals surface area contributed by atoms with Crippen LogP contribution in [0.15, 0.2) is 53.0 Å². The first-order chi connectivity index (χ1) is 10.5. The molecule has 0 saturated heterocycles. The quantitative estimate of drug-likeness (QED) is 0.420. The van der Waals surface area contributed by atoms with Crippen molar-refractivity contribution in [3.8, 4) is 0 Å². The van der Waals surface area contributed by atoms with Gasteiger partial charge in [0.05, 0.1) is 6.42 Å². The Labute approximate surface area is 140 Å². The van der Waals surface area contributed by atoms with Crippen LogP contribution in [0.5, 0.6) is 0 Å². The van der Waals surface area contributed by atoms with Gasteiger partial charge < -0.3 is 0 Å². The first kappa shape index (κ1) is 18.5. The van der Waals surface area contributed by atoms with Gasteiger partial charge in [0.25, 0.3) is 0 Å². The number of hydrogen-bond acceptors (Lipinski definition) is 2. The van der Waals surface area contributed by atoms with Crippen LogP contribution < -0.4 is 0 Å². The molecule has 0 saturated carbocycles. The van der Waals surface area contributed by atoms with Crippen molar-refractivity contribution in [1.82, 2.24) is 0 Å². The van der Waals surface area contributed by atoms with Gasteiger partial charge >= 0.3 is 7.83 Å². The van der Waals surface area contributed by atoms with Crippen molar-refractivity contribution in [2.75, 3.05) is 0 Å². The minimum Gasteiger partial charge on any atom is -0.294 e. The van der Waals surface area contributed by atoms with E-state index in [1.54, 1.807) is 48.5 Å². The van der Waals surface area contributed by atoms with Crippen LogP contribution in [0.25, 0.3) is 0 Å². The van der Waals surface area contributed by atoms with Gasteiger partial charge in [0, 0.05) is 20.6 Å². The highest BCUT2D eigenvalue weighted by molar-refractivity contribution is 9.10. The molecule has 0 bridgehead atoms. The maximum Gasteiger partial charge on any atom is 0.577 e. The first-order valence-corrected chi connectivity index (χ1v) is 7.24. The molecule has 7 heteroatoms. The van der Waals surface area contributed by atoms with Crippen LogP contribution in [0.4, 0.5) is 8.63 Å². The predicted octanol–water partition coefficient (Wildman–Crippen LogP) is 5.02. The van der Waals surface area contributed by atoms with E-state index in [0.29, 0.717) is 16.1 Å². The molecular formula is C15H10BBrClF2O2. The third-order valence-electron chi connectivity index (χ3n) is 2.65. The van der Waals surface area contributed by atoms with Gasteiger partial charge in [-0.3, -0.25) is 18.2 Å². The fraction of sp³-hybridized carbons (Fsp3) is 0.0667. The van der Waals surface area contributed by atoms with Gasteiger partial charge in [0.15, 0.2) is 11.6 Å². The lowest BCUT2D eigenvalue weighted by atomic mass is 10.0. The van der Waals surface area contributed by atoms with E-state index in [2.05, 4.69) is 15.9 Å². The molecule has 113 valence electrons. The Kier molecular flexibility index (Phi) is 7.99. The van der Waals surface area contributed by atoms with E-state index < -0.39 is 7.83 Å². The molecule has 0 aromatic heterocycles. The third-order valence-corrected chi connectivity index (χ3v) is 3.43. The SMILES string of the molecule is F[B]F.O=C(CC(=O)c1ccc(Br)cc1)c1ccc(Cl)cc1. The zero-order chi connectivity index (χ0) is 16.5. The van der Waals surface area contributed by atoms with Gasteiger partial charge in [0.2, 0.25) is 0 Å². The van der Waals surface area contributed by atoms with Gasteiger partial charge in [0.1, 0.15) is 0 Å². The average Bonchev–Trinajstić information content (AvgIpc) is 2.49. The summed E-state index contributed by atoms with van der Waals surface area (Å²) in [6.45, 7) is 0. The van der Waals surface area contributed by atoms with Crippen molar-refractivity contribution in [2.24, 2.45) is 0 Å². The van der Waals surface area contributed by atoms with Crippen LogP contribution in [0.1, 0.15) is 27.1 Å². The molecule has 0 aliphatic rings. The minimum atomic E-state index is -1.00. The number of Topliss-reactive ketones (excluding diaryl/α,β-unsaturated/α-hetero) is 2. The minimum absolute atomic E-state index is 0.136. The summed E-state index contributed by atoms with van der Waals surface area (Å²) in [5, 5.41) is 0.566. The van der Waals surface area contributed by atoms with Gasteiger partial charge in [-0.2, -0.15) is 0 Å². The molecule has 2 aromatic carbocycles. The van der Waals surface area contributed by atoms with E-state index in [1.165, 1.54) is 0 Å². The molecule has 0 atom stereocenters. The molecule has 0 aliphatic heterocycles. The molecule has 0 N–H and O–H groups in total. The zero-order valence-corrected chi connectivity index (χ0v) is 13.6. The molecular weight excluding hydrogens is 376 g/mol. The summed E-state index contributed by atoms with van der Waals surface area (Å²) in [5.74, 6) is -0.392. The van der Waals surface area contributed by atoms with Crippen molar-refractivity contribution in [1.29, 1.82) is 0 Å². The van der Waals surface area contributed by atoms with Gasteiger partial charge in [-0.15, -0.1) is 0 Å². The highest BCUT2D eigenvalue weighted by atomic mass is 79.9. The molecule has 0 aliphatic carbocycles. The molecule has 0 heterocycles. The van der Waals surface area contributed by atoms with Crippen LogP contribution in [-0.2, 0) is 0 Å². The Balaban J connectivity index is 0.000000745. The Bertz CT molecular complexity index is 577. The normalized spacial score (nSPS) is 9.45. The summed E-state index contributed by atoms with van der Waals surface area (Å²) in [6.07, 6.45) is -0.136. The number of carbonyl (C=O) groups is 2. The summed E-state index contributed by atoms with van der Waals surface area (Å²) in [6, 6.07) is 13.5.